The van der Waals surface area contributed by atoms with Gasteiger partial charge in [0, 0.05) is 11.6 Å². The van der Waals surface area contributed by atoms with Crippen LogP contribution in [0.2, 0.25) is 5.02 Å². The van der Waals surface area contributed by atoms with Gasteiger partial charge in [-0.1, -0.05) is 29.8 Å². The predicted octanol–water partition coefficient (Wildman–Crippen LogP) is 3.50. The molecule has 0 radical (unpaired) electrons. The number of thiocarbonyl (C=S) groups is 1. The second kappa shape index (κ2) is 6.88. The van der Waals surface area contributed by atoms with Gasteiger partial charge in [0.25, 0.3) is 5.91 Å². The largest absolute Gasteiger partial charge is 0.444 e. The summed E-state index contributed by atoms with van der Waals surface area (Å²) in [4.78, 5) is 11.8. The van der Waals surface area contributed by atoms with Crippen LogP contribution >= 0.6 is 39.7 Å². The molecule has 0 atom stereocenters. The number of nitrogens with one attached hydrogen (secondary N) is 2. The molecule has 104 valence electrons. The molecule has 0 saturated heterocycles. The highest BCUT2D eigenvalue weighted by atomic mass is 79.9. The summed E-state index contributed by atoms with van der Waals surface area (Å²) in [7, 11) is 0. The molecule has 7 heteroatoms. The van der Waals surface area contributed by atoms with Crippen molar-refractivity contribution in [2.75, 3.05) is 0 Å². The lowest BCUT2D eigenvalue weighted by atomic mass is 10.2. The topological polar surface area (TPSA) is 54.3 Å². The Bertz CT molecular complexity index is 645. The van der Waals surface area contributed by atoms with Gasteiger partial charge in [0.15, 0.2) is 15.5 Å². The van der Waals surface area contributed by atoms with Crippen LogP contribution in [0.15, 0.2) is 45.5 Å². The van der Waals surface area contributed by atoms with Crippen molar-refractivity contribution in [3.8, 4) is 0 Å². The SMILES string of the molecule is O=C(NC(=S)NCc1ccccc1Cl)c1ccc(Br)o1. The Morgan fingerprint density at radius 1 is 1.30 bits per heavy atom. The van der Waals surface area contributed by atoms with Crippen LogP contribution in [-0.4, -0.2) is 11.0 Å². The van der Waals surface area contributed by atoms with Gasteiger partial charge in [0.1, 0.15) is 0 Å². The van der Waals surface area contributed by atoms with E-state index in [4.69, 9.17) is 28.2 Å². The zero-order chi connectivity index (χ0) is 14.5. The van der Waals surface area contributed by atoms with Gasteiger partial charge in [-0.2, -0.15) is 0 Å². The number of carbonyl (C=O) groups is 1. The van der Waals surface area contributed by atoms with Crippen molar-refractivity contribution < 1.29 is 9.21 Å². The Hall–Kier alpha value is -1.37. The molecule has 1 amide bonds. The van der Waals surface area contributed by atoms with Crippen molar-refractivity contribution in [3.05, 3.63) is 57.4 Å². The maximum Gasteiger partial charge on any atom is 0.293 e. The van der Waals surface area contributed by atoms with Crippen LogP contribution < -0.4 is 10.6 Å². The number of hydrogen-bond donors (Lipinski definition) is 2. The zero-order valence-electron chi connectivity index (χ0n) is 10.2. The molecular weight excluding hydrogens is 364 g/mol. The number of carbonyl (C=O) groups excluding carboxylic acids is 1. The van der Waals surface area contributed by atoms with E-state index in [1.54, 1.807) is 18.2 Å². The van der Waals surface area contributed by atoms with Gasteiger partial charge in [-0.3, -0.25) is 10.1 Å². The van der Waals surface area contributed by atoms with Crippen molar-refractivity contribution in [1.29, 1.82) is 0 Å². The lowest BCUT2D eigenvalue weighted by Crippen LogP contribution is -2.38. The number of furan rings is 1. The average Bonchev–Trinajstić information content (AvgIpc) is 2.84. The van der Waals surface area contributed by atoms with Crippen LogP contribution in [-0.2, 0) is 6.54 Å². The first kappa shape index (κ1) is 15.0. The third-order valence-electron chi connectivity index (χ3n) is 2.42. The standard InChI is InChI=1S/C13H10BrClN2O2S/c14-11-6-5-10(19-11)12(18)17-13(20)16-7-8-3-1-2-4-9(8)15/h1-6H,7H2,(H2,16,17,18,20). The van der Waals surface area contributed by atoms with E-state index in [-0.39, 0.29) is 10.9 Å². The predicted molar refractivity (Wildman–Crippen MR) is 84.8 cm³/mol. The Morgan fingerprint density at radius 3 is 2.70 bits per heavy atom. The summed E-state index contributed by atoms with van der Waals surface area (Å²) in [6.07, 6.45) is 0. The second-order valence-electron chi connectivity index (χ2n) is 3.83. The number of rotatable bonds is 3. The first-order chi connectivity index (χ1) is 9.56. The Morgan fingerprint density at radius 2 is 2.05 bits per heavy atom. The molecule has 0 bridgehead atoms. The van der Waals surface area contributed by atoms with Crippen LogP contribution in [0.3, 0.4) is 0 Å². The minimum atomic E-state index is -0.410. The molecule has 0 spiro atoms. The monoisotopic (exact) mass is 372 g/mol. The van der Waals surface area contributed by atoms with E-state index < -0.39 is 5.91 Å². The van der Waals surface area contributed by atoms with Crippen LogP contribution in [0.5, 0.6) is 0 Å². The summed E-state index contributed by atoms with van der Waals surface area (Å²) < 4.78 is 5.61. The van der Waals surface area contributed by atoms with E-state index in [1.807, 2.05) is 18.2 Å². The number of benzene rings is 1. The maximum absolute atomic E-state index is 11.8. The normalized spacial score (nSPS) is 10.1. The van der Waals surface area contributed by atoms with Crippen LogP contribution in [0.1, 0.15) is 16.1 Å². The van der Waals surface area contributed by atoms with Crippen molar-refractivity contribution in [3.63, 3.8) is 0 Å². The zero-order valence-corrected chi connectivity index (χ0v) is 13.3. The second-order valence-corrected chi connectivity index (χ2v) is 5.43. The molecule has 20 heavy (non-hydrogen) atoms. The number of halogens is 2. The van der Waals surface area contributed by atoms with E-state index in [9.17, 15) is 4.79 Å². The maximum atomic E-state index is 11.8. The molecule has 1 aromatic carbocycles. The van der Waals surface area contributed by atoms with E-state index >= 15 is 0 Å². The lowest BCUT2D eigenvalue weighted by Gasteiger charge is -2.09. The fourth-order valence-electron chi connectivity index (χ4n) is 1.46. The fourth-order valence-corrected chi connectivity index (χ4v) is 2.14. The summed E-state index contributed by atoms with van der Waals surface area (Å²) in [6.45, 7) is 0.431. The van der Waals surface area contributed by atoms with Crippen molar-refractivity contribution >= 4 is 50.8 Å². The van der Waals surface area contributed by atoms with E-state index in [2.05, 4.69) is 26.6 Å². The van der Waals surface area contributed by atoms with Gasteiger partial charge in [-0.05, 0) is 51.9 Å². The Balaban J connectivity index is 1.87. The summed E-state index contributed by atoms with van der Waals surface area (Å²) in [6, 6.07) is 10.6. The molecule has 0 fully saturated rings. The Labute approximate surface area is 134 Å². The van der Waals surface area contributed by atoms with Crippen molar-refractivity contribution in [2.24, 2.45) is 0 Å². The first-order valence-electron chi connectivity index (χ1n) is 5.64. The highest BCUT2D eigenvalue weighted by Gasteiger charge is 2.11. The molecule has 2 rings (SSSR count). The highest BCUT2D eigenvalue weighted by molar-refractivity contribution is 9.10. The molecular formula is C13H10BrClN2O2S. The summed E-state index contributed by atoms with van der Waals surface area (Å²) in [5, 5.41) is 6.29. The van der Waals surface area contributed by atoms with Gasteiger partial charge in [-0.15, -0.1) is 0 Å². The lowest BCUT2D eigenvalue weighted by molar-refractivity contribution is 0.0948. The fraction of sp³-hybridized carbons (Fsp3) is 0.0769. The highest BCUT2D eigenvalue weighted by Crippen LogP contribution is 2.15. The van der Waals surface area contributed by atoms with E-state index in [0.717, 1.165) is 5.56 Å². The minimum absolute atomic E-state index is 0.179. The number of hydrogen-bond acceptors (Lipinski definition) is 3. The van der Waals surface area contributed by atoms with Crippen LogP contribution in [0.4, 0.5) is 0 Å². The van der Waals surface area contributed by atoms with Gasteiger partial charge in [0.2, 0.25) is 0 Å². The molecule has 4 nitrogen and oxygen atoms in total. The smallest absolute Gasteiger partial charge is 0.293 e. The van der Waals surface area contributed by atoms with Gasteiger partial charge < -0.3 is 9.73 Å². The van der Waals surface area contributed by atoms with E-state index in [0.29, 0.717) is 16.2 Å². The quantitative estimate of drug-likeness (QED) is 0.809. The number of amides is 1. The van der Waals surface area contributed by atoms with Gasteiger partial charge in [-0.25, -0.2) is 0 Å². The molecule has 0 aliphatic heterocycles. The summed E-state index contributed by atoms with van der Waals surface area (Å²) in [5.41, 5.74) is 0.895. The molecule has 0 saturated carbocycles. The van der Waals surface area contributed by atoms with Crippen molar-refractivity contribution in [1.82, 2.24) is 10.6 Å². The minimum Gasteiger partial charge on any atom is -0.444 e. The average molecular weight is 374 g/mol. The molecule has 1 heterocycles. The summed E-state index contributed by atoms with van der Waals surface area (Å²) in [5.74, 6) is -0.230. The first-order valence-corrected chi connectivity index (χ1v) is 7.22. The summed E-state index contributed by atoms with van der Waals surface area (Å²) >= 11 is 14.2. The molecule has 1 aromatic heterocycles. The van der Waals surface area contributed by atoms with Crippen LogP contribution in [0, 0.1) is 0 Å². The molecule has 0 aliphatic carbocycles. The van der Waals surface area contributed by atoms with Gasteiger partial charge >= 0.3 is 0 Å². The van der Waals surface area contributed by atoms with Gasteiger partial charge in [0.05, 0.1) is 0 Å². The molecule has 2 N–H and O–H groups in total. The van der Waals surface area contributed by atoms with Crippen LogP contribution in [0.25, 0.3) is 0 Å². The third kappa shape index (κ3) is 4.06. The van der Waals surface area contributed by atoms with Crippen molar-refractivity contribution in [2.45, 2.75) is 6.54 Å². The third-order valence-corrected chi connectivity index (χ3v) is 3.46. The molecule has 0 aliphatic rings. The molecule has 2 aromatic rings. The Kier molecular flexibility index (Phi) is 5.17. The molecule has 0 unspecified atom stereocenters. The van der Waals surface area contributed by atoms with E-state index in [1.165, 1.54) is 0 Å².